The number of carbonyl (C=O) groups is 3. The molecule has 0 atom stereocenters. The molecule has 4 aromatic rings. The van der Waals surface area contributed by atoms with E-state index in [4.69, 9.17) is 18.9 Å². The van der Waals surface area contributed by atoms with Gasteiger partial charge in [-0.25, -0.2) is 10.2 Å². The van der Waals surface area contributed by atoms with E-state index >= 15 is 0 Å². The van der Waals surface area contributed by atoms with Gasteiger partial charge in [-0.1, -0.05) is 24.3 Å². The Hall–Kier alpha value is -5.64. The minimum Gasteiger partial charge on any atom is -0.493 e. The number of carbonyl (C=O) groups excluding carboxylic acids is 3. The molecule has 0 aliphatic heterocycles. The molecule has 43 heavy (non-hydrogen) atoms. The van der Waals surface area contributed by atoms with Gasteiger partial charge in [0.2, 0.25) is 0 Å². The van der Waals surface area contributed by atoms with Crippen LogP contribution in [-0.4, -0.2) is 44.3 Å². The predicted octanol–water partition coefficient (Wildman–Crippen LogP) is 5.73. The maximum absolute atomic E-state index is 12.9. The van der Waals surface area contributed by atoms with E-state index in [-0.39, 0.29) is 17.2 Å². The highest BCUT2D eigenvalue weighted by Crippen LogP contribution is 2.30. The van der Waals surface area contributed by atoms with Gasteiger partial charge in [-0.3, -0.25) is 9.59 Å². The van der Waals surface area contributed by atoms with Crippen LogP contribution in [0.5, 0.6) is 23.0 Å². The van der Waals surface area contributed by atoms with Gasteiger partial charge < -0.3 is 24.3 Å². The summed E-state index contributed by atoms with van der Waals surface area (Å²) in [5.74, 6) is 0.240. The van der Waals surface area contributed by atoms with Crippen molar-refractivity contribution in [3.8, 4) is 23.0 Å². The summed E-state index contributed by atoms with van der Waals surface area (Å²) in [6.45, 7) is 4.61. The molecule has 2 N–H and O–H groups in total. The molecular weight excluding hydrogens is 550 g/mol. The lowest BCUT2D eigenvalue weighted by Gasteiger charge is -2.12. The second kappa shape index (κ2) is 14.8. The van der Waals surface area contributed by atoms with E-state index in [0.29, 0.717) is 52.8 Å². The Morgan fingerprint density at radius 2 is 1.40 bits per heavy atom. The second-order valence-electron chi connectivity index (χ2n) is 8.93. The third kappa shape index (κ3) is 8.20. The first-order valence-electron chi connectivity index (χ1n) is 13.5. The first kappa shape index (κ1) is 30.3. The van der Waals surface area contributed by atoms with Gasteiger partial charge in [-0.05, 0) is 86.1 Å². The van der Waals surface area contributed by atoms with Crippen molar-refractivity contribution in [1.29, 1.82) is 0 Å². The maximum atomic E-state index is 12.9. The topological polar surface area (TPSA) is 125 Å². The lowest BCUT2D eigenvalue weighted by atomic mass is 10.1. The zero-order valence-electron chi connectivity index (χ0n) is 24.0. The molecule has 0 heterocycles. The number of rotatable bonds is 12. The van der Waals surface area contributed by atoms with Crippen molar-refractivity contribution in [2.24, 2.45) is 5.10 Å². The third-order valence-corrected chi connectivity index (χ3v) is 5.97. The number of hydrogen-bond donors (Lipinski definition) is 2. The van der Waals surface area contributed by atoms with E-state index in [1.807, 2.05) is 19.9 Å². The van der Waals surface area contributed by atoms with Gasteiger partial charge in [0, 0.05) is 16.8 Å². The maximum Gasteiger partial charge on any atom is 0.343 e. The molecule has 0 radical (unpaired) electrons. The van der Waals surface area contributed by atoms with Crippen molar-refractivity contribution in [3.63, 3.8) is 0 Å². The van der Waals surface area contributed by atoms with Crippen molar-refractivity contribution in [3.05, 3.63) is 113 Å². The fourth-order valence-electron chi connectivity index (χ4n) is 3.95. The molecule has 0 bridgehead atoms. The summed E-state index contributed by atoms with van der Waals surface area (Å²) < 4.78 is 22.0. The van der Waals surface area contributed by atoms with E-state index < -0.39 is 11.9 Å². The minimum atomic E-state index is -0.513. The first-order chi connectivity index (χ1) is 20.9. The molecule has 2 amide bonds. The zero-order chi connectivity index (χ0) is 30.6. The SMILES string of the molecule is CCOc1ccc(C(=O)Nc2cccc(C(=O)NN=Cc3ccc(OC(=O)c4ccccc4)c(OC)c3)c2)cc1OCC. The fourth-order valence-corrected chi connectivity index (χ4v) is 3.95. The monoisotopic (exact) mass is 581 g/mol. The predicted molar refractivity (Wildman–Crippen MR) is 163 cm³/mol. The lowest BCUT2D eigenvalue weighted by molar-refractivity contribution is 0.0729. The van der Waals surface area contributed by atoms with Crippen LogP contribution in [0.15, 0.2) is 96.1 Å². The van der Waals surface area contributed by atoms with Crippen molar-refractivity contribution in [2.75, 3.05) is 25.6 Å². The quantitative estimate of drug-likeness (QED) is 0.0948. The lowest BCUT2D eigenvalue weighted by Crippen LogP contribution is -2.18. The summed E-state index contributed by atoms with van der Waals surface area (Å²) >= 11 is 0. The Morgan fingerprint density at radius 3 is 2.14 bits per heavy atom. The van der Waals surface area contributed by atoms with Crippen LogP contribution in [0.2, 0.25) is 0 Å². The Kier molecular flexibility index (Phi) is 10.5. The Balaban J connectivity index is 1.38. The first-order valence-corrected chi connectivity index (χ1v) is 13.5. The van der Waals surface area contributed by atoms with Crippen LogP contribution in [0.4, 0.5) is 5.69 Å². The number of nitrogens with zero attached hydrogens (tertiary/aromatic N) is 1. The van der Waals surface area contributed by atoms with E-state index in [1.165, 1.54) is 13.3 Å². The number of nitrogens with one attached hydrogen (secondary N) is 2. The Bertz CT molecular complexity index is 1620. The van der Waals surface area contributed by atoms with E-state index in [0.717, 1.165) is 0 Å². The van der Waals surface area contributed by atoms with Gasteiger partial charge in [0.05, 0.1) is 32.1 Å². The highest BCUT2D eigenvalue weighted by Gasteiger charge is 2.14. The number of methoxy groups -OCH3 is 1. The van der Waals surface area contributed by atoms with Crippen LogP contribution >= 0.6 is 0 Å². The minimum absolute atomic E-state index is 0.246. The average molecular weight is 582 g/mol. The highest BCUT2D eigenvalue weighted by atomic mass is 16.6. The van der Waals surface area contributed by atoms with Gasteiger partial charge in [0.25, 0.3) is 11.8 Å². The average Bonchev–Trinajstić information content (AvgIpc) is 3.03. The van der Waals surface area contributed by atoms with Gasteiger partial charge in [-0.15, -0.1) is 0 Å². The Labute approximate surface area is 249 Å². The Morgan fingerprint density at radius 1 is 0.698 bits per heavy atom. The molecule has 0 spiro atoms. The van der Waals surface area contributed by atoms with Crippen LogP contribution in [0.25, 0.3) is 0 Å². The van der Waals surface area contributed by atoms with Crippen molar-refractivity contribution >= 4 is 29.7 Å². The fraction of sp³-hybridized carbons (Fsp3) is 0.152. The molecule has 0 aromatic heterocycles. The molecule has 10 nitrogen and oxygen atoms in total. The number of ether oxygens (including phenoxy) is 4. The molecule has 10 heteroatoms. The number of amides is 2. The van der Waals surface area contributed by atoms with Gasteiger partial charge in [0.1, 0.15) is 0 Å². The van der Waals surface area contributed by atoms with E-state index in [1.54, 1.807) is 84.9 Å². The highest BCUT2D eigenvalue weighted by molar-refractivity contribution is 6.05. The second-order valence-corrected chi connectivity index (χ2v) is 8.93. The summed E-state index contributed by atoms with van der Waals surface area (Å²) in [6.07, 6.45) is 1.43. The van der Waals surface area contributed by atoms with E-state index in [9.17, 15) is 14.4 Å². The molecular formula is C33H31N3O7. The molecule has 0 saturated carbocycles. The number of esters is 1. The summed E-state index contributed by atoms with van der Waals surface area (Å²) in [7, 11) is 1.46. The normalized spacial score (nSPS) is 10.6. The largest absolute Gasteiger partial charge is 0.493 e. The summed E-state index contributed by atoms with van der Waals surface area (Å²) in [5, 5.41) is 6.81. The number of hydrogen-bond acceptors (Lipinski definition) is 8. The number of benzene rings is 4. The molecule has 0 fully saturated rings. The summed E-state index contributed by atoms with van der Waals surface area (Å²) in [5.41, 5.74) is 4.57. The number of anilines is 1. The van der Waals surface area contributed by atoms with Gasteiger partial charge in [-0.2, -0.15) is 5.10 Å². The van der Waals surface area contributed by atoms with Crippen LogP contribution in [-0.2, 0) is 0 Å². The van der Waals surface area contributed by atoms with Crippen LogP contribution in [0.3, 0.4) is 0 Å². The van der Waals surface area contributed by atoms with Crippen molar-refractivity contribution in [1.82, 2.24) is 5.43 Å². The van der Waals surface area contributed by atoms with Crippen molar-refractivity contribution < 1.29 is 33.3 Å². The van der Waals surface area contributed by atoms with Crippen LogP contribution in [0.1, 0.15) is 50.5 Å². The third-order valence-electron chi connectivity index (χ3n) is 5.97. The molecule has 220 valence electrons. The molecule has 0 aliphatic carbocycles. The molecule has 0 aliphatic rings. The van der Waals surface area contributed by atoms with Gasteiger partial charge >= 0.3 is 5.97 Å². The molecule has 0 saturated heterocycles. The molecule has 0 unspecified atom stereocenters. The standard InChI is InChI=1S/C33H31N3O7/c1-4-41-27-17-15-25(20-30(27)42-5-2)31(37)35-26-13-9-12-24(19-26)32(38)36-34-21-22-14-16-28(29(18-22)40-3)43-33(39)23-10-7-6-8-11-23/h6-21H,4-5H2,1-3H3,(H,35,37)(H,36,38). The molecule has 4 rings (SSSR count). The zero-order valence-corrected chi connectivity index (χ0v) is 24.0. The molecule has 4 aromatic carbocycles. The van der Waals surface area contributed by atoms with Crippen molar-refractivity contribution in [2.45, 2.75) is 13.8 Å². The summed E-state index contributed by atoms with van der Waals surface area (Å²) in [6, 6.07) is 24.9. The summed E-state index contributed by atoms with van der Waals surface area (Å²) in [4.78, 5) is 38.0. The van der Waals surface area contributed by atoms with E-state index in [2.05, 4.69) is 15.8 Å². The van der Waals surface area contributed by atoms with Gasteiger partial charge in [0.15, 0.2) is 23.0 Å². The number of hydrazone groups is 1. The van der Waals surface area contributed by atoms with Crippen LogP contribution < -0.4 is 29.7 Å². The van der Waals surface area contributed by atoms with Crippen LogP contribution in [0, 0.1) is 0 Å². The smallest absolute Gasteiger partial charge is 0.343 e.